The van der Waals surface area contributed by atoms with Gasteiger partial charge in [-0.2, -0.15) is 0 Å². The molecule has 0 bridgehead atoms. The standard InChI is InChI=1S/C23H26ClN5O2/c1-16-22(26-27-29(16)20-4-2-3-19(24)13-20)23(31)25-14-17-5-7-18(8-6-17)15-28-11-9-21(30)10-12-28/h2-8,13,21,30H,9-12,14-15H2,1H3,(H,25,31). The summed E-state index contributed by atoms with van der Waals surface area (Å²) in [6.45, 7) is 4.95. The number of halogens is 1. The second-order valence-electron chi connectivity index (χ2n) is 7.92. The van der Waals surface area contributed by atoms with Gasteiger partial charge in [0.25, 0.3) is 5.91 Å². The summed E-state index contributed by atoms with van der Waals surface area (Å²) in [5.74, 6) is -0.262. The summed E-state index contributed by atoms with van der Waals surface area (Å²) in [5.41, 5.74) is 3.96. The van der Waals surface area contributed by atoms with E-state index in [4.69, 9.17) is 11.6 Å². The molecule has 8 heteroatoms. The Hall–Kier alpha value is -2.74. The van der Waals surface area contributed by atoms with Gasteiger partial charge in [0.1, 0.15) is 0 Å². The third-order valence-corrected chi connectivity index (χ3v) is 5.84. The summed E-state index contributed by atoms with van der Waals surface area (Å²) < 4.78 is 1.61. The molecule has 0 spiro atoms. The molecule has 0 aliphatic carbocycles. The molecule has 1 saturated heterocycles. The Morgan fingerprint density at radius 2 is 1.87 bits per heavy atom. The summed E-state index contributed by atoms with van der Waals surface area (Å²) in [6, 6.07) is 15.5. The highest BCUT2D eigenvalue weighted by molar-refractivity contribution is 6.30. The second-order valence-corrected chi connectivity index (χ2v) is 8.36. The molecule has 162 valence electrons. The van der Waals surface area contributed by atoms with Gasteiger partial charge in [-0.25, -0.2) is 4.68 Å². The number of amides is 1. The number of piperidine rings is 1. The number of carbonyl (C=O) groups is 1. The molecule has 0 radical (unpaired) electrons. The van der Waals surface area contributed by atoms with Crippen LogP contribution in [0.25, 0.3) is 5.69 Å². The van der Waals surface area contributed by atoms with Crippen molar-refractivity contribution in [2.24, 2.45) is 0 Å². The minimum absolute atomic E-state index is 0.155. The van der Waals surface area contributed by atoms with Crippen molar-refractivity contribution in [2.45, 2.75) is 39.0 Å². The number of rotatable bonds is 6. The quantitative estimate of drug-likeness (QED) is 0.616. The lowest BCUT2D eigenvalue weighted by Gasteiger charge is -2.29. The van der Waals surface area contributed by atoms with Gasteiger partial charge in [0.05, 0.1) is 17.5 Å². The smallest absolute Gasteiger partial charge is 0.274 e. The van der Waals surface area contributed by atoms with E-state index in [-0.39, 0.29) is 12.0 Å². The average Bonchev–Trinajstić information content (AvgIpc) is 3.16. The zero-order valence-electron chi connectivity index (χ0n) is 17.5. The van der Waals surface area contributed by atoms with Crippen LogP contribution < -0.4 is 5.32 Å². The van der Waals surface area contributed by atoms with Crippen LogP contribution in [0.15, 0.2) is 48.5 Å². The molecular weight excluding hydrogens is 414 g/mol. The van der Waals surface area contributed by atoms with Crippen LogP contribution in [0.4, 0.5) is 0 Å². The van der Waals surface area contributed by atoms with E-state index in [0.29, 0.717) is 23.0 Å². The molecule has 4 rings (SSSR count). The zero-order chi connectivity index (χ0) is 21.8. The molecule has 0 atom stereocenters. The van der Waals surface area contributed by atoms with Crippen LogP contribution in [0.1, 0.15) is 40.2 Å². The number of carbonyl (C=O) groups excluding carboxylic acids is 1. The van der Waals surface area contributed by atoms with Crippen molar-refractivity contribution in [2.75, 3.05) is 13.1 Å². The fraction of sp³-hybridized carbons (Fsp3) is 0.348. The third kappa shape index (κ3) is 5.31. The highest BCUT2D eigenvalue weighted by Crippen LogP contribution is 2.17. The number of benzene rings is 2. The summed E-state index contributed by atoms with van der Waals surface area (Å²) in [7, 11) is 0. The maximum Gasteiger partial charge on any atom is 0.274 e. The number of nitrogens with one attached hydrogen (secondary N) is 1. The molecule has 0 unspecified atom stereocenters. The van der Waals surface area contributed by atoms with Gasteiger partial charge in [0, 0.05) is 31.2 Å². The van der Waals surface area contributed by atoms with Crippen molar-refractivity contribution in [1.82, 2.24) is 25.2 Å². The molecule has 31 heavy (non-hydrogen) atoms. The Balaban J connectivity index is 1.34. The Morgan fingerprint density at radius 3 is 2.58 bits per heavy atom. The van der Waals surface area contributed by atoms with Crippen LogP contribution >= 0.6 is 11.6 Å². The van der Waals surface area contributed by atoms with E-state index in [0.717, 1.165) is 43.7 Å². The molecule has 3 aromatic rings. The van der Waals surface area contributed by atoms with Crippen LogP contribution in [0.3, 0.4) is 0 Å². The molecular formula is C23H26ClN5O2. The summed E-state index contributed by atoms with van der Waals surface area (Å²) in [4.78, 5) is 15.0. The lowest BCUT2D eigenvalue weighted by Crippen LogP contribution is -2.35. The van der Waals surface area contributed by atoms with E-state index in [1.807, 2.05) is 31.2 Å². The SMILES string of the molecule is Cc1c(C(=O)NCc2ccc(CN3CCC(O)CC3)cc2)nnn1-c1cccc(Cl)c1. The molecule has 2 aromatic carbocycles. The Kier molecular flexibility index (Phi) is 6.65. The molecule has 1 fully saturated rings. The van der Waals surface area contributed by atoms with Crippen molar-refractivity contribution in [1.29, 1.82) is 0 Å². The maximum atomic E-state index is 12.6. The van der Waals surface area contributed by atoms with Gasteiger partial charge >= 0.3 is 0 Å². The predicted octanol–water partition coefficient (Wildman–Crippen LogP) is 3.12. The van der Waals surface area contributed by atoms with E-state index < -0.39 is 0 Å². The fourth-order valence-electron chi connectivity index (χ4n) is 3.76. The van der Waals surface area contributed by atoms with Crippen LogP contribution in [0.2, 0.25) is 5.02 Å². The lowest BCUT2D eigenvalue weighted by atomic mass is 10.1. The predicted molar refractivity (Wildman–Crippen MR) is 119 cm³/mol. The minimum Gasteiger partial charge on any atom is -0.393 e. The number of aliphatic hydroxyl groups excluding tert-OH is 1. The van der Waals surface area contributed by atoms with Gasteiger partial charge in [0.15, 0.2) is 5.69 Å². The van der Waals surface area contributed by atoms with Crippen molar-refractivity contribution in [3.05, 3.63) is 76.1 Å². The molecule has 1 aliphatic heterocycles. The number of hydrogen-bond donors (Lipinski definition) is 2. The first kappa shape index (κ1) is 21.5. The number of nitrogens with zero attached hydrogens (tertiary/aromatic N) is 4. The van der Waals surface area contributed by atoms with Gasteiger partial charge in [-0.05, 0) is 49.1 Å². The van der Waals surface area contributed by atoms with Gasteiger partial charge in [-0.1, -0.05) is 47.1 Å². The van der Waals surface area contributed by atoms with Crippen molar-refractivity contribution >= 4 is 17.5 Å². The fourth-order valence-corrected chi connectivity index (χ4v) is 3.94. The van der Waals surface area contributed by atoms with Gasteiger partial charge in [0.2, 0.25) is 0 Å². The Bertz CT molecular complexity index is 1040. The average molecular weight is 440 g/mol. The van der Waals surface area contributed by atoms with Gasteiger partial charge in [-0.3, -0.25) is 9.69 Å². The van der Waals surface area contributed by atoms with Crippen molar-refractivity contribution in [3.8, 4) is 5.69 Å². The highest BCUT2D eigenvalue weighted by Gasteiger charge is 2.18. The highest BCUT2D eigenvalue weighted by atomic mass is 35.5. The van der Waals surface area contributed by atoms with E-state index in [1.165, 1.54) is 5.56 Å². The van der Waals surface area contributed by atoms with E-state index in [1.54, 1.807) is 16.8 Å². The first-order chi connectivity index (χ1) is 15.0. The summed E-state index contributed by atoms with van der Waals surface area (Å²) in [5, 5.41) is 21.3. The van der Waals surface area contributed by atoms with Crippen molar-refractivity contribution in [3.63, 3.8) is 0 Å². The molecule has 2 heterocycles. The maximum absolute atomic E-state index is 12.6. The largest absolute Gasteiger partial charge is 0.393 e. The van der Waals surface area contributed by atoms with E-state index in [2.05, 4.69) is 32.7 Å². The number of aliphatic hydroxyl groups is 1. The van der Waals surface area contributed by atoms with Crippen LogP contribution in [-0.4, -0.2) is 50.1 Å². The number of likely N-dealkylation sites (tertiary alicyclic amines) is 1. The molecule has 1 amide bonds. The van der Waals surface area contributed by atoms with E-state index >= 15 is 0 Å². The second kappa shape index (κ2) is 9.60. The van der Waals surface area contributed by atoms with Crippen LogP contribution in [-0.2, 0) is 13.1 Å². The molecule has 7 nitrogen and oxygen atoms in total. The first-order valence-corrected chi connectivity index (χ1v) is 10.8. The normalized spacial score (nSPS) is 15.2. The third-order valence-electron chi connectivity index (χ3n) is 5.60. The summed E-state index contributed by atoms with van der Waals surface area (Å²) >= 11 is 6.05. The molecule has 0 saturated carbocycles. The number of hydrogen-bond acceptors (Lipinski definition) is 5. The lowest BCUT2D eigenvalue weighted by molar-refractivity contribution is 0.0792. The van der Waals surface area contributed by atoms with Crippen LogP contribution in [0, 0.1) is 6.92 Å². The summed E-state index contributed by atoms with van der Waals surface area (Å²) in [6.07, 6.45) is 1.52. The molecule has 1 aromatic heterocycles. The van der Waals surface area contributed by atoms with Crippen LogP contribution in [0.5, 0.6) is 0 Å². The first-order valence-electron chi connectivity index (χ1n) is 10.4. The topological polar surface area (TPSA) is 83.3 Å². The molecule has 2 N–H and O–H groups in total. The molecule has 1 aliphatic rings. The van der Waals surface area contributed by atoms with Gasteiger partial charge < -0.3 is 10.4 Å². The van der Waals surface area contributed by atoms with Crippen molar-refractivity contribution < 1.29 is 9.90 Å². The zero-order valence-corrected chi connectivity index (χ0v) is 18.2. The number of aromatic nitrogens is 3. The Morgan fingerprint density at radius 1 is 1.16 bits per heavy atom. The monoisotopic (exact) mass is 439 g/mol. The minimum atomic E-state index is -0.262. The van der Waals surface area contributed by atoms with E-state index in [9.17, 15) is 9.90 Å². The van der Waals surface area contributed by atoms with Gasteiger partial charge in [-0.15, -0.1) is 5.10 Å². The Labute approximate surface area is 186 Å².